The lowest BCUT2D eigenvalue weighted by atomic mass is 10.2. The number of allylic oxidation sites excluding steroid dienone is 1. The van der Waals surface area contributed by atoms with Gasteiger partial charge < -0.3 is 5.73 Å². The molecule has 0 aromatic heterocycles. The third kappa shape index (κ3) is 5.70. The quantitative estimate of drug-likeness (QED) is 0.414. The summed E-state index contributed by atoms with van der Waals surface area (Å²) in [6, 6.07) is 0. The van der Waals surface area contributed by atoms with E-state index in [0.717, 1.165) is 19.4 Å². The van der Waals surface area contributed by atoms with Crippen molar-refractivity contribution in [1.29, 1.82) is 0 Å². The smallest absolute Gasteiger partial charge is 0.00744 e. The maximum atomic E-state index is 5.20. The van der Waals surface area contributed by atoms with Crippen LogP contribution in [0.15, 0.2) is 12.7 Å². The van der Waals surface area contributed by atoms with Gasteiger partial charge in [0.05, 0.1) is 0 Å². The van der Waals surface area contributed by atoms with Crippen LogP contribution in [0.5, 0.6) is 0 Å². The monoisotopic (exact) mass is 98.1 g/mol. The summed E-state index contributed by atoms with van der Waals surface area (Å²) < 4.78 is 0. The van der Waals surface area contributed by atoms with Gasteiger partial charge in [0, 0.05) is 0 Å². The summed E-state index contributed by atoms with van der Waals surface area (Å²) in [5, 5.41) is 0. The number of nitrogens with two attached hydrogens (primary N) is 1. The molecule has 1 radical (unpaired) electrons. The Morgan fingerprint density at radius 3 is 2.71 bits per heavy atom. The van der Waals surface area contributed by atoms with Crippen molar-refractivity contribution in [2.75, 3.05) is 6.54 Å². The molecular formula is C6H12N. The van der Waals surface area contributed by atoms with E-state index < -0.39 is 0 Å². The fourth-order valence-corrected chi connectivity index (χ4v) is 0.354. The molecule has 0 aliphatic heterocycles. The van der Waals surface area contributed by atoms with Gasteiger partial charge in [-0.25, -0.2) is 0 Å². The summed E-state index contributed by atoms with van der Waals surface area (Å²) in [5.41, 5.74) is 5.20. The van der Waals surface area contributed by atoms with Crippen LogP contribution >= 0.6 is 0 Å². The summed E-state index contributed by atoms with van der Waals surface area (Å²) >= 11 is 0. The molecule has 0 atom stereocenters. The maximum Gasteiger partial charge on any atom is -0.00744 e. The second-order valence-electron chi connectivity index (χ2n) is 1.39. The van der Waals surface area contributed by atoms with E-state index in [1.165, 1.54) is 0 Å². The lowest BCUT2D eigenvalue weighted by molar-refractivity contribution is 0.915. The Balaban J connectivity index is 2.56. The maximum absolute atomic E-state index is 5.20. The Labute approximate surface area is 45.2 Å². The molecule has 0 saturated carbocycles. The van der Waals surface area contributed by atoms with Crippen LogP contribution in [0.4, 0.5) is 0 Å². The van der Waals surface area contributed by atoms with Crippen molar-refractivity contribution in [3.05, 3.63) is 19.1 Å². The lowest BCUT2D eigenvalue weighted by Gasteiger charge is -1.87. The van der Waals surface area contributed by atoms with Gasteiger partial charge in [0.2, 0.25) is 0 Å². The molecule has 0 bridgehead atoms. The van der Waals surface area contributed by atoms with Crippen molar-refractivity contribution in [3.8, 4) is 0 Å². The topological polar surface area (TPSA) is 26.0 Å². The average molecular weight is 98.2 g/mol. The van der Waals surface area contributed by atoms with Gasteiger partial charge in [0.15, 0.2) is 0 Å². The second-order valence-corrected chi connectivity index (χ2v) is 1.39. The van der Waals surface area contributed by atoms with Crippen molar-refractivity contribution in [2.45, 2.75) is 12.8 Å². The van der Waals surface area contributed by atoms with Crippen molar-refractivity contribution in [2.24, 2.45) is 5.73 Å². The number of hydrogen-bond donors (Lipinski definition) is 1. The van der Waals surface area contributed by atoms with E-state index in [-0.39, 0.29) is 0 Å². The minimum atomic E-state index is 0.758. The molecule has 0 saturated heterocycles. The molecule has 1 heteroatoms. The molecule has 0 aromatic rings. The zero-order valence-electron chi connectivity index (χ0n) is 4.56. The largest absolute Gasteiger partial charge is 0.330 e. The highest BCUT2D eigenvalue weighted by atomic mass is 14.5. The molecule has 2 N–H and O–H groups in total. The van der Waals surface area contributed by atoms with Gasteiger partial charge in [0.1, 0.15) is 0 Å². The van der Waals surface area contributed by atoms with Crippen LogP contribution in [-0.4, -0.2) is 6.54 Å². The van der Waals surface area contributed by atoms with E-state index in [1.807, 2.05) is 6.08 Å². The molecule has 0 unspecified atom stereocenters. The van der Waals surface area contributed by atoms with E-state index in [0.29, 0.717) is 0 Å². The summed E-state index contributed by atoms with van der Waals surface area (Å²) in [6.07, 6.45) is 5.98. The van der Waals surface area contributed by atoms with Crippen LogP contribution in [0.3, 0.4) is 0 Å². The fraction of sp³-hybridized carbons (Fsp3) is 0.500. The molecule has 41 valence electrons. The zero-order valence-corrected chi connectivity index (χ0v) is 4.56. The molecule has 0 amide bonds. The molecule has 0 spiro atoms. The SMILES string of the molecule is C=CC[CH]CCN. The highest BCUT2D eigenvalue weighted by Gasteiger charge is 1.78. The second kappa shape index (κ2) is 5.70. The van der Waals surface area contributed by atoms with Crippen LogP contribution in [0.25, 0.3) is 0 Å². The predicted molar refractivity (Wildman–Crippen MR) is 32.8 cm³/mol. The summed E-state index contributed by atoms with van der Waals surface area (Å²) in [7, 11) is 0. The van der Waals surface area contributed by atoms with Crippen LogP contribution in [0.1, 0.15) is 12.8 Å². The Bertz CT molecular complexity index is 41.4. The van der Waals surface area contributed by atoms with Gasteiger partial charge >= 0.3 is 0 Å². The first-order chi connectivity index (χ1) is 3.41. The number of unbranched alkanes of at least 4 members (excludes halogenated alkanes) is 2. The van der Waals surface area contributed by atoms with E-state index in [9.17, 15) is 0 Å². The molecule has 1 nitrogen and oxygen atoms in total. The van der Waals surface area contributed by atoms with Gasteiger partial charge in [-0.3, -0.25) is 0 Å². The summed E-state index contributed by atoms with van der Waals surface area (Å²) in [6.45, 7) is 4.32. The van der Waals surface area contributed by atoms with Gasteiger partial charge in [-0.05, 0) is 25.8 Å². The Hall–Kier alpha value is -0.300. The van der Waals surface area contributed by atoms with Gasteiger partial charge in [-0.1, -0.05) is 6.08 Å². The van der Waals surface area contributed by atoms with E-state index in [1.54, 1.807) is 0 Å². The molecule has 0 fully saturated rings. The minimum Gasteiger partial charge on any atom is -0.330 e. The Morgan fingerprint density at radius 1 is 1.57 bits per heavy atom. The van der Waals surface area contributed by atoms with Crippen molar-refractivity contribution < 1.29 is 0 Å². The molecule has 0 aromatic carbocycles. The first-order valence-corrected chi connectivity index (χ1v) is 2.54. The van der Waals surface area contributed by atoms with Crippen molar-refractivity contribution in [3.63, 3.8) is 0 Å². The first-order valence-electron chi connectivity index (χ1n) is 2.54. The first kappa shape index (κ1) is 6.70. The van der Waals surface area contributed by atoms with Crippen LogP contribution in [-0.2, 0) is 0 Å². The summed E-state index contributed by atoms with van der Waals surface area (Å²) in [5.74, 6) is 0. The van der Waals surface area contributed by atoms with Crippen LogP contribution < -0.4 is 5.73 Å². The summed E-state index contributed by atoms with van der Waals surface area (Å²) in [4.78, 5) is 0. The standard InChI is InChI=1S/C6H12N/c1-2-3-4-5-6-7/h2,4H,1,3,5-7H2. The van der Waals surface area contributed by atoms with Crippen LogP contribution in [0.2, 0.25) is 0 Å². The number of hydrogen-bond acceptors (Lipinski definition) is 1. The van der Waals surface area contributed by atoms with Gasteiger partial charge in [0.25, 0.3) is 0 Å². The molecule has 7 heavy (non-hydrogen) atoms. The molecular weight excluding hydrogens is 86.1 g/mol. The van der Waals surface area contributed by atoms with E-state index in [2.05, 4.69) is 13.0 Å². The third-order valence-corrected chi connectivity index (χ3v) is 0.704. The van der Waals surface area contributed by atoms with Gasteiger partial charge in [-0.15, -0.1) is 6.58 Å². The minimum absolute atomic E-state index is 0.758. The molecule has 0 aliphatic carbocycles. The lowest BCUT2D eigenvalue weighted by Crippen LogP contribution is -1.97. The third-order valence-electron chi connectivity index (χ3n) is 0.704. The van der Waals surface area contributed by atoms with E-state index >= 15 is 0 Å². The molecule has 0 heterocycles. The molecule has 0 aliphatic rings. The zero-order chi connectivity index (χ0) is 5.54. The highest BCUT2D eigenvalue weighted by molar-refractivity contribution is 4.77. The van der Waals surface area contributed by atoms with Gasteiger partial charge in [-0.2, -0.15) is 0 Å². The van der Waals surface area contributed by atoms with Crippen molar-refractivity contribution >= 4 is 0 Å². The normalized spacial score (nSPS) is 8.71. The van der Waals surface area contributed by atoms with E-state index in [4.69, 9.17) is 5.73 Å². The Morgan fingerprint density at radius 2 is 2.29 bits per heavy atom. The van der Waals surface area contributed by atoms with Crippen LogP contribution in [0, 0.1) is 6.42 Å². The molecule has 0 rings (SSSR count). The predicted octanol–water partition coefficient (Wildman–Crippen LogP) is 1.12. The van der Waals surface area contributed by atoms with Crippen molar-refractivity contribution in [1.82, 2.24) is 0 Å². The fourth-order valence-electron chi connectivity index (χ4n) is 0.354. The number of rotatable bonds is 4. The Kier molecular flexibility index (Phi) is 5.46. The average Bonchev–Trinajstić information content (AvgIpc) is 1.69. The highest BCUT2D eigenvalue weighted by Crippen LogP contribution is 1.89.